The molecular weight excluding hydrogens is 224 g/mol. The third kappa shape index (κ3) is 2.73. The molecule has 0 spiro atoms. The van der Waals surface area contributed by atoms with Crippen LogP contribution in [-0.2, 0) is 6.42 Å². The zero-order chi connectivity index (χ0) is 13.1. The quantitative estimate of drug-likeness (QED) is 0.889. The maximum atomic E-state index is 5.91. The molecule has 0 radical (unpaired) electrons. The van der Waals surface area contributed by atoms with Gasteiger partial charge in [0.1, 0.15) is 5.76 Å². The molecule has 0 atom stereocenters. The van der Waals surface area contributed by atoms with Crippen LogP contribution < -0.4 is 5.73 Å². The lowest BCUT2D eigenvalue weighted by atomic mass is 10.00. The second-order valence-corrected chi connectivity index (χ2v) is 5.16. The number of nitrogens with two attached hydrogens (primary N) is 1. The van der Waals surface area contributed by atoms with Crippen molar-refractivity contribution in [3.63, 3.8) is 0 Å². The van der Waals surface area contributed by atoms with Gasteiger partial charge < -0.3 is 10.3 Å². The molecule has 0 saturated carbocycles. The summed E-state index contributed by atoms with van der Waals surface area (Å²) in [7, 11) is 0. The summed E-state index contributed by atoms with van der Waals surface area (Å²) in [5, 5.41) is 3.90. The van der Waals surface area contributed by atoms with Gasteiger partial charge >= 0.3 is 0 Å². The zero-order valence-corrected chi connectivity index (χ0v) is 11.2. The van der Waals surface area contributed by atoms with Gasteiger partial charge in [0, 0.05) is 6.42 Å². The molecular formula is C15H20N2O. The molecule has 0 aliphatic carbocycles. The van der Waals surface area contributed by atoms with E-state index >= 15 is 0 Å². The fraction of sp³-hybridized carbons (Fsp3) is 0.400. The minimum absolute atomic E-state index is 0.484. The van der Waals surface area contributed by atoms with E-state index in [0.717, 1.165) is 29.7 Å². The maximum Gasteiger partial charge on any atom is 0.175 e. The summed E-state index contributed by atoms with van der Waals surface area (Å²) in [6.45, 7) is 6.47. The van der Waals surface area contributed by atoms with Crippen molar-refractivity contribution in [3.8, 4) is 11.1 Å². The van der Waals surface area contributed by atoms with Crippen LogP contribution in [0.3, 0.4) is 0 Å². The van der Waals surface area contributed by atoms with Crippen LogP contribution in [0.2, 0.25) is 0 Å². The van der Waals surface area contributed by atoms with Crippen molar-refractivity contribution in [1.29, 1.82) is 0 Å². The molecule has 18 heavy (non-hydrogen) atoms. The summed E-state index contributed by atoms with van der Waals surface area (Å²) in [6, 6.07) is 8.29. The zero-order valence-electron chi connectivity index (χ0n) is 11.2. The molecule has 3 nitrogen and oxygen atoms in total. The third-order valence-corrected chi connectivity index (χ3v) is 3.08. The highest BCUT2D eigenvalue weighted by Crippen LogP contribution is 2.31. The van der Waals surface area contributed by atoms with Gasteiger partial charge in [0.05, 0.1) is 5.56 Å². The molecule has 3 heteroatoms. The van der Waals surface area contributed by atoms with Gasteiger partial charge in [0.2, 0.25) is 0 Å². The lowest BCUT2D eigenvalue weighted by Gasteiger charge is -2.05. The molecule has 1 aromatic heterocycles. The second kappa shape index (κ2) is 5.25. The molecule has 2 aromatic rings. The number of nitrogens with zero attached hydrogens (tertiary/aromatic N) is 1. The Morgan fingerprint density at radius 3 is 2.50 bits per heavy atom. The largest absolute Gasteiger partial charge is 0.380 e. The Balaban J connectivity index is 2.31. The molecule has 0 aliphatic rings. The first kappa shape index (κ1) is 12.7. The van der Waals surface area contributed by atoms with Crippen LogP contribution in [0.1, 0.15) is 31.6 Å². The predicted octanol–water partition coefficient (Wildman–Crippen LogP) is 3.82. The monoisotopic (exact) mass is 244 g/mol. The van der Waals surface area contributed by atoms with Crippen molar-refractivity contribution in [2.24, 2.45) is 5.92 Å². The Labute approximate surface area is 108 Å². The summed E-state index contributed by atoms with van der Waals surface area (Å²) < 4.78 is 5.36. The highest BCUT2D eigenvalue weighted by Gasteiger charge is 2.15. The van der Waals surface area contributed by atoms with E-state index in [1.54, 1.807) is 0 Å². The summed E-state index contributed by atoms with van der Waals surface area (Å²) in [4.78, 5) is 0. The van der Waals surface area contributed by atoms with Gasteiger partial charge in [-0.3, -0.25) is 0 Å². The SMILES string of the molecule is Cc1ccc(-c2c(N)noc2CCC(C)C)cc1. The number of hydrogen-bond donors (Lipinski definition) is 1. The minimum Gasteiger partial charge on any atom is -0.380 e. The average molecular weight is 244 g/mol. The van der Waals surface area contributed by atoms with Gasteiger partial charge in [-0.05, 0) is 24.8 Å². The first-order valence-corrected chi connectivity index (χ1v) is 6.39. The maximum absolute atomic E-state index is 5.91. The molecule has 1 aromatic carbocycles. The van der Waals surface area contributed by atoms with Gasteiger partial charge in [0.25, 0.3) is 0 Å². The molecule has 0 aliphatic heterocycles. The molecule has 1 heterocycles. The van der Waals surface area contributed by atoms with Gasteiger partial charge in [-0.1, -0.05) is 48.8 Å². The van der Waals surface area contributed by atoms with Crippen molar-refractivity contribution < 1.29 is 4.52 Å². The minimum atomic E-state index is 0.484. The molecule has 0 amide bonds. The smallest absolute Gasteiger partial charge is 0.175 e. The van der Waals surface area contributed by atoms with Crippen LogP contribution >= 0.6 is 0 Å². The Kier molecular flexibility index (Phi) is 3.70. The number of nitrogen functional groups attached to an aromatic ring is 1. The highest BCUT2D eigenvalue weighted by molar-refractivity contribution is 5.75. The lowest BCUT2D eigenvalue weighted by Crippen LogP contribution is -1.94. The van der Waals surface area contributed by atoms with Gasteiger partial charge in [-0.15, -0.1) is 0 Å². The molecule has 96 valence electrons. The van der Waals surface area contributed by atoms with E-state index < -0.39 is 0 Å². The topological polar surface area (TPSA) is 52.0 Å². The van der Waals surface area contributed by atoms with Crippen LogP contribution in [-0.4, -0.2) is 5.16 Å². The number of rotatable bonds is 4. The second-order valence-electron chi connectivity index (χ2n) is 5.16. The van der Waals surface area contributed by atoms with Crippen LogP contribution in [0.15, 0.2) is 28.8 Å². The summed E-state index contributed by atoms with van der Waals surface area (Å²) in [5.74, 6) is 2.02. The van der Waals surface area contributed by atoms with E-state index in [-0.39, 0.29) is 0 Å². The lowest BCUT2D eigenvalue weighted by molar-refractivity contribution is 0.376. The van der Waals surface area contributed by atoms with Gasteiger partial charge in [0.15, 0.2) is 5.82 Å². The van der Waals surface area contributed by atoms with E-state index in [1.165, 1.54) is 5.56 Å². The van der Waals surface area contributed by atoms with E-state index in [0.29, 0.717) is 11.7 Å². The number of anilines is 1. The predicted molar refractivity (Wildman–Crippen MR) is 74.2 cm³/mol. The van der Waals surface area contributed by atoms with Gasteiger partial charge in [-0.2, -0.15) is 0 Å². The number of aryl methyl sites for hydroxylation is 2. The van der Waals surface area contributed by atoms with Crippen molar-refractivity contribution in [1.82, 2.24) is 5.16 Å². The van der Waals surface area contributed by atoms with Crippen molar-refractivity contribution in [2.45, 2.75) is 33.6 Å². The Hall–Kier alpha value is -1.77. The third-order valence-electron chi connectivity index (χ3n) is 3.08. The molecule has 0 saturated heterocycles. The first-order chi connectivity index (χ1) is 8.58. The summed E-state index contributed by atoms with van der Waals surface area (Å²) in [6.07, 6.45) is 1.96. The van der Waals surface area contributed by atoms with Crippen molar-refractivity contribution in [2.75, 3.05) is 5.73 Å². The number of aromatic nitrogens is 1. The standard InChI is InChI=1S/C15H20N2O/c1-10(2)4-9-13-14(15(16)17-18-13)12-7-5-11(3)6-8-12/h5-8,10H,4,9H2,1-3H3,(H2,16,17). The van der Waals surface area contributed by atoms with Crippen LogP contribution in [0.4, 0.5) is 5.82 Å². The van der Waals surface area contributed by atoms with E-state index in [4.69, 9.17) is 10.3 Å². The average Bonchev–Trinajstić information content (AvgIpc) is 2.69. The van der Waals surface area contributed by atoms with E-state index in [2.05, 4.69) is 50.2 Å². The summed E-state index contributed by atoms with van der Waals surface area (Å²) in [5.41, 5.74) is 9.18. The molecule has 2 rings (SSSR count). The van der Waals surface area contributed by atoms with Crippen LogP contribution in [0.5, 0.6) is 0 Å². The molecule has 0 bridgehead atoms. The van der Waals surface area contributed by atoms with Crippen LogP contribution in [0.25, 0.3) is 11.1 Å². The van der Waals surface area contributed by atoms with Crippen molar-refractivity contribution in [3.05, 3.63) is 35.6 Å². The van der Waals surface area contributed by atoms with Crippen LogP contribution in [0, 0.1) is 12.8 Å². The Morgan fingerprint density at radius 2 is 1.89 bits per heavy atom. The first-order valence-electron chi connectivity index (χ1n) is 6.39. The fourth-order valence-electron chi connectivity index (χ4n) is 1.96. The van der Waals surface area contributed by atoms with E-state index in [9.17, 15) is 0 Å². The molecule has 2 N–H and O–H groups in total. The number of hydrogen-bond acceptors (Lipinski definition) is 3. The van der Waals surface area contributed by atoms with Crippen molar-refractivity contribution >= 4 is 5.82 Å². The molecule has 0 unspecified atom stereocenters. The number of benzene rings is 1. The Morgan fingerprint density at radius 1 is 1.22 bits per heavy atom. The highest BCUT2D eigenvalue weighted by atomic mass is 16.5. The van der Waals surface area contributed by atoms with E-state index in [1.807, 2.05) is 0 Å². The normalized spacial score (nSPS) is 11.1. The fourth-order valence-corrected chi connectivity index (χ4v) is 1.96. The Bertz CT molecular complexity index is 512. The summed E-state index contributed by atoms with van der Waals surface area (Å²) >= 11 is 0. The molecule has 0 fully saturated rings. The van der Waals surface area contributed by atoms with Gasteiger partial charge in [-0.25, -0.2) is 0 Å².